The summed E-state index contributed by atoms with van der Waals surface area (Å²) in [4.78, 5) is 0. The molecule has 37 heavy (non-hydrogen) atoms. The van der Waals surface area contributed by atoms with Gasteiger partial charge < -0.3 is 14.9 Å². The molecular formula is C34H30O3. The largest absolute Gasteiger partial charge is 0.507 e. The molecule has 2 N–H and O–H groups in total. The molecule has 5 aromatic rings. The standard InChI is InChI=1S/C34H30O3/c1-2-21-37-29-17-13-26(14-18-29)34(27-15-19-32(35)30(22-27)24-9-5-3-6-10-24)28-16-20-33(36)31(23-28)25-11-7-4-8-12-25/h3-20,22-23,34-36H,2,21H2,1H3. The van der Waals surface area contributed by atoms with Gasteiger partial charge >= 0.3 is 0 Å². The maximum Gasteiger partial charge on any atom is 0.123 e. The lowest BCUT2D eigenvalue weighted by Crippen LogP contribution is -2.05. The van der Waals surface area contributed by atoms with Crippen molar-refractivity contribution in [1.82, 2.24) is 0 Å². The van der Waals surface area contributed by atoms with Crippen LogP contribution >= 0.6 is 0 Å². The van der Waals surface area contributed by atoms with E-state index in [2.05, 4.69) is 31.2 Å². The minimum atomic E-state index is -0.119. The number of hydrogen-bond donors (Lipinski definition) is 2. The molecule has 184 valence electrons. The quantitative estimate of drug-likeness (QED) is 0.217. The summed E-state index contributed by atoms with van der Waals surface area (Å²) in [5.41, 5.74) is 6.67. The van der Waals surface area contributed by atoms with Crippen LogP contribution < -0.4 is 4.74 Å². The third-order valence-corrected chi connectivity index (χ3v) is 6.56. The Labute approximate surface area is 218 Å². The number of hydrogen-bond acceptors (Lipinski definition) is 3. The van der Waals surface area contributed by atoms with E-state index >= 15 is 0 Å². The lowest BCUT2D eigenvalue weighted by atomic mass is 9.82. The molecular weight excluding hydrogens is 456 g/mol. The molecule has 0 unspecified atom stereocenters. The van der Waals surface area contributed by atoms with Crippen LogP contribution in [0.15, 0.2) is 121 Å². The third kappa shape index (κ3) is 5.36. The zero-order valence-corrected chi connectivity index (χ0v) is 20.8. The SMILES string of the molecule is CCCOc1ccc(C(c2ccc(O)c(-c3ccccc3)c2)c2ccc(O)c(-c3ccccc3)c2)cc1. The average Bonchev–Trinajstić information content (AvgIpc) is 2.95. The van der Waals surface area contributed by atoms with Gasteiger partial charge in [0.15, 0.2) is 0 Å². The van der Waals surface area contributed by atoms with Crippen molar-refractivity contribution in [2.75, 3.05) is 6.61 Å². The van der Waals surface area contributed by atoms with Crippen LogP contribution in [-0.2, 0) is 0 Å². The molecule has 5 aromatic carbocycles. The molecule has 5 rings (SSSR count). The van der Waals surface area contributed by atoms with Gasteiger partial charge in [0.1, 0.15) is 17.2 Å². The van der Waals surface area contributed by atoms with Crippen molar-refractivity contribution in [3.63, 3.8) is 0 Å². The minimum absolute atomic E-state index is 0.119. The van der Waals surface area contributed by atoms with Crippen LogP contribution in [0.2, 0.25) is 0 Å². The summed E-state index contributed by atoms with van der Waals surface area (Å²) >= 11 is 0. The fourth-order valence-corrected chi connectivity index (χ4v) is 4.72. The molecule has 0 aliphatic carbocycles. The van der Waals surface area contributed by atoms with Gasteiger partial charge in [0.05, 0.1) is 6.61 Å². The zero-order valence-electron chi connectivity index (χ0n) is 20.8. The second-order valence-electron chi connectivity index (χ2n) is 9.14. The molecule has 3 heteroatoms. The summed E-state index contributed by atoms with van der Waals surface area (Å²) in [7, 11) is 0. The second-order valence-corrected chi connectivity index (χ2v) is 9.14. The monoisotopic (exact) mass is 486 g/mol. The van der Waals surface area contributed by atoms with E-state index in [0.717, 1.165) is 51.1 Å². The van der Waals surface area contributed by atoms with Crippen molar-refractivity contribution in [1.29, 1.82) is 0 Å². The summed E-state index contributed by atoms with van der Waals surface area (Å²) in [6, 6.07) is 39.7. The Kier molecular flexibility index (Phi) is 7.23. The smallest absolute Gasteiger partial charge is 0.123 e. The van der Waals surface area contributed by atoms with E-state index in [0.29, 0.717) is 6.61 Å². The molecule has 0 atom stereocenters. The molecule has 0 spiro atoms. The first kappa shape index (κ1) is 24.2. The van der Waals surface area contributed by atoms with Gasteiger partial charge in [-0.15, -0.1) is 0 Å². The summed E-state index contributed by atoms with van der Waals surface area (Å²) in [6.07, 6.45) is 0.954. The van der Waals surface area contributed by atoms with E-state index in [1.165, 1.54) is 0 Å². The van der Waals surface area contributed by atoms with Gasteiger partial charge in [-0.05, 0) is 70.6 Å². The van der Waals surface area contributed by atoms with Crippen molar-refractivity contribution in [3.8, 4) is 39.5 Å². The predicted molar refractivity (Wildman–Crippen MR) is 150 cm³/mol. The molecule has 3 nitrogen and oxygen atoms in total. The summed E-state index contributed by atoms with van der Waals surface area (Å²) < 4.78 is 5.82. The molecule has 0 radical (unpaired) electrons. The van der Waals surface area contributed by atoms with Crippen LogP contribution in [0.4, 0.5) is 0 Å². The first-order chi connectivity index (χ1) is 18.1. The van der Waals surface area contributed by atoms with E-state index in [1.807, 2.05) is 84.9 Å². The Morgan fingerprint density at radius 3 is 1.49 bits per heavy atom. The van der Waals surface area contributed by atoms with Crippen LogP contribution in [-0.4, -0.2) is 16.8 Å². The molecule has 0 aromatic heterocycles. The Balaban J connectivity index is 1.65. The number of phenolic OH excluding ortho intramolecular Hbond substituents is 2. The van der Waals surface area contributed by atoms with Gasteiger partial charge in [-0.2, -0.15) is 0 Å². The van der Waals surface area contributed by atoms with Gasteiger partial charge in [0, 0.05) is 17.0 Å². The molecule has 0 saturated heterocycles. The Bertz CT molecular complexity index is 1370. The maximum absolute atomic E-state index is 10.7. The van der Waals surface area contributed by atoms with Crippen LogP contribution in [0.25, 0.3) is 22.3 Å². The molecule has 0 fully saturated rings. The molecule has 0 saturated carbocycles. The van der Waals surface area contributed by atoms with E-state index in [9.17, 15) is 10.2 Å². The van der Waals surface area contributed by atoms with Crippen molar-refractivity contribution < 1.29 is 14.9 Å². The number of rotatable bonds is 8. The first-order valence-corrected chi connectivity index (χ1v) is 12.6. The van der Waals surface area contributed by atoms with Crippen LogP contribution in [0.1, 0.15) is 36.0 Å². The number of phenols is 2. The molecule has 0 heterocycles. The van der Waals surface area contributed by atoms with E-state index in [1.54, 1.807) is 12.1 Å². The number of aromatic hydroxyl groups is 2. The van der Waals surface area contributed by atoms with Crippen LogP contribution in [0.3, 0.4) is 0 Å². The normalized spacial score (nSPS) is 11.0. The summed E-state index contributed by atoms with van der Waals surface area (Å²) in [6.45, 7) is 2.77. The minimum Gasteiger partial charge on any atom is -0.507 e. The topological polar surface area (TPSA) is 49.7 Å². The molecule has 0 bridgehead atoms. The fourth-order valence-electron chi connectivity index (χ4n) is 4.72. The van der Waals surface area contributed by atoms with Gasteiger partial charge in [0.2, 0.25) is 0 Å². The Hall–Kier alpha value is -4.50. The second kappa shape index (κ2) is 11.0. The highest BCUT2D eigenvalue weighted by Crippen LogP contribution is 2.40. The van der Waals surface area contributed by atoms with Gasteiger partial charge in [0.25, 0.3) is 0 Å². The van der Waals surface area contributed by atoms with Crippen molar-refractivity contribution in [2.24, 2.45) is 0 Å². The highest BCUT2D eigenvalue weighted by Gasteiger charge is 2.21. The van der Waals surface area contributed by atoms with Crippen molar-refractivity contribution in [2.45, 2.75) is 19.3 Å². The Morgan fingerprint density at radius 2 is 1.03 bits per heavy atom. The van der Waals surface area contributed by atoms with Gasteiger partial charge in [-0.3, -0.25) is 0 Å². The summed E-state index contributed by atoms with van der Waals surface area (Å²) in [5, 5.41) is 21.4. The van der Waals surface area contributed by atoms with E-state index in [4.69, 9.17) is 4.74 Å². The average molecular weight is 487 g/mol. The van der Waals surface area contributed by atoms with Crippen LogP contribution in [0.5, 0.6) is 17.2 Å². The fraction of sp³-hybridized carbons (Fsp3) is 0.118. The molecule has 0 aliphatic heterocycles. The highest BCUT2D eigenvalue weighted by molar-refractivity contribution is 5.73. The number of ether oxygens (including phenoxy) is 1. The maximum atomic E-state index is 10.7. The molecule has 0 aliphatic rings. The van der Waals surface area contributed by atoms with Crippen molar-refractivity contribution >= 4 is 0 Å². The highest BCUT2D eigenvalue weighted by atomic mass is 16.5. The number of benzene rings is 5. The summed E-state index contributed by atoms with van der Waals surface area (Å²) in [5.74, 6) is 1.21. The van der Waals surface area contributed by atoms with E-state index < -0.39 is 0 Å². The Morgan fingerprint density at radius 1 is 0.568 bits per heavy atom. The van der Waals surface area contributed by atoms with E-state index in [-0.39, 0.29) is 17.4 Å². The lowest BCUT2D eigenvalue weighted by molar-refractivity contribution is 0.317. The first-order valence-electron chi connectivity index (χ1n) is 12.6. The molecule has 0 amide bonds. The zero-order chi connectivity index (χ0) is 25.6. The lowest BCUT2D eigenvalue weighted by Gasteiger charge is -2.22. The van der Waals surface area contributed by atoms with Gasteiger partial charge in [-0.1, -0.05) is 91.9 Å². The predicted octanol–water partition coefficient (Wildman–Crippen LogP) is 8.40. The van der Waals surface area contributed by atoms with Crippen LogP contribution in [0, 0.1) is 0 Å². The van der Waals surface area contributed by atoms with Gasteiger partial charge in [-0.25, -0.2) is 0 Å². The van der Waals surface area contributed by atoms with Crippen molar-refractivity contribution in [3.05, 3.63) is 138 Å². The third-order valence-electron chi connectivity index (χ3n) is 6.56.